The Morgan fingerprint density at radius 2 is 1.85 bits per heavy atom. The summed E-state index contributed by atoms with van der Waals surface area (Å²) in [6.45, 7) is 3.43. The maximum atomic E-state index is 12.8. The van der Waals surface area contributed by atoms with E-state index in [-0.39, 0.29) is 11.8 Å². The van der Waals surface area contributed by atoms with Gasteiger partial charge in [-0.3, -0.25) is 9.59 Å². The number of nitrogens with one attached hydrogen (secondary N) is 1. The third-order valence-corrected chi connectivity index (χ3v) is 4.66. The van der Waals surface area contributed by atoms with Gasteiger partial charge in [-0.15, -0.1) is 0 Å². The Morgan fingerprint density at radius 1 is 1.12 bits per heavy atom. The SMILES string of the molecule is Cc1cccc(C(=O)N2CCCC2)c1NC(=O)/C=C/c1cccc(Cl)c1. The zero-order valence-electron chi connectivity index (χ0n) is 14.7. The molecule has 1 saturated heterocycles. The highest BCUT2D eigenvalue weighted by Crippen LogP contribution is 2.24. The monoisotopic (exact) mass is 368 g/mol. The normalized spacial score (nSPS) is 14.0. The second-order valence-corrected chi connectivity index (χ2v) is 6.81. The number of aryl methyl sites for hydroxylation is 1. The lowest BCUT2D eigenvalue weighted by Crippen LogP contribution is -2.29. The molecule has 2 aromatic rings. The van der Waals surface area contributed by atoms with Crippen molar-refractivity contribution < 1.29 is 9.59 Å². The number of rotatable bonds is 4. The second kappa shape index (κ2) is 8.19. The topological polar surface area (TPSA) is 49.4 Å². The minimum atomic E-state index is -0.283. The Kier molecular flexibility index (Phi) is 5.74. The van der Waals surface area contributed by atoms with Gasteiger partial charge in [-0.05, 0) is 55.2 Å². The lowest BCUT2D eigenvalue weighted by Gasteiger charge is -2.19. The molecule has 0 atom stereocenters. The van der Waals surface area contributed by atoms with Gasteiger partial charge in [-0.2, -0.15) is 0 Å². The minimum Gasteiger partial charge on any atom is -0.339 e. The van der Waals surface area contributed by atoms with Crippen molar-refractivity contribution in [3.63, 3.8) is 0 Å². The third kappa shape index (κ3) is 4.33. The number of halogens is 1. The van der Waals surface area contributed by atoms with E-state index in [9.17, 15) is 9.59 Å². The van der Waals surface area contributed by atoms with Crippen LogP contribution in [0, 0.1) is 6.92 Å². The van der Waals surface area contributed by atoms with E-state index in [1.165, 1.54) is 6.08 Å². The molecule has 0 bridgehead atoms. The number of likely N-dealkylation sites (tertiary alicyclic amines) is 1. The molecule has 0 spiro atoms. The van der Waals surface area contributed by atoms with Crippen molar-refractivity contribution in [2.75, 3.05) is 18.4 Å². The lowest BCUT2D eigenvalue weighted by atomic mass is 10.1. The standard InChI is InChI=1S/C21H21ClN2O2/c1-15-6-4-9-18(21(26)24-12-2-3-13-24)20(15)23-19(25)11-10-16-7-5-8-17(22)14-16/h4-11,14H,2-3,12-13H2,1H3,(H,23,25)/b11-10+. The van der Waals surface area contributed by atoms with Crippen molar-refractivity contribution >= 4 is 35.2 Å². The number of amides is 2. The molecule has 1 aliphatic rings. The van der Waals surface area contributed by atoms with Gasteiger partial charge in [0, 0.05) is 24.2 Å². The first-order valence-electron chi connectivity index (χ1n) is 8.68. The van der Waals surface area contributed by atoms with Gasteiger partial charge in [0.1, 0.15) is 0 Å². The zero-order valence-corrected chi connectivity index (χ0v) is 15.4. The number of benzene rings is 2. The fraction of sp³-hybridized carbons (Fsp3) is 0.238. The first-order valence-corrected chi connectivity index (χ1v) is 9.06. The first kappa shape index (κ1) is 18.2. The molecule has 0 radical (unpaired) electrons. The molecule has 0 unspecified atom stereocenters. The van der Waals surface area contributed by atoms with E-state index in [2.05, 4.69) is 5.32 Å². The van der Waals surface area contributed by atoms with Crippen LogP contribution in [0.3, 0.4) is 0 Å². The molecule has 1 fully saturated rings. The van der Waals surface area contributed by atoms with Crippen molar-refractivity contribution in [1.29, 1.82) is 0 Å². The Bertz CT molecular complexity index is 855. The van der Waals surface area contributed by atoms with Gasteiger partial charge < -0.3 is 10.2 Å². The molecule has 3 rings (SSSR count). The lowest BCUT2D eigenvalue weighted by molar-refractivity contribution is -0.111. The second-order valence-electron chi connectivity index (χ2n) is 6.37. The van der Waals surface area contributed by atoms with Crippen LogP contribution < -0.4 is 5.32 Å². The summed E-state index contributed by atoms with van der Waals surface area (Å²) < 4.78 is 0. The Labute approximate surface area is 158 Å². The molecule has 1 heterocycles. The summed E-state index contributed by atoms with van der Waals surface area (Å²) in [6.07, 6.45) is 5.20. The van der Waals surface area contributed by atoms with Crippen LogP contribution >= 0.6 is 11.6 Å². The smallest absolute Gasteiger partial charge is 0.255 e. The Morgan fingerprint density at radius 3 is 2.58 bits per heavy atom. The number of para-hydroxylation sites is 1. The summed E-state index contributed by atoms with van der Waals surface area (Å²) in [5.74, 6) is -0.310. The molecule has 2 aromatic carbocycles. The number of carbonyl (C=O) groups excluding carboxylic acids is 2. The average molecular weight is 369 g/mol. The first-order chi connectivity index (χ1) is 12.5. The van der Waals surface area contributed by atoms with Gasteiger partial charge in [-0.25, -0.2) is 0 Å². The predicted molar refractivity (Wildman–Crippen MR) is 105 cm³/mol. The summed E-state index contributed by atoms with van der Waals surface area (Å²) >= 11 is 5.95. The fourth-order valence-corrected chi connectivity index (χ4v) is 3.25. The van der Waals surface area contributed by atoms with Gasteiger partial charge in [0.25, 0.3) is 5.91 Å². The fourth-order valence-electron chi connectivity index (χ4n) is 3.05. The summed E-state index contributed by atoms with van der Waals surface area (Å²) in [5, 5.41) is 3.48. The molecule has 0 aliphatic carbocycles. The van der Waals surface area contributed by atoms with Crippen molar-refractivity contribution in [3.05, 3.63) is 70.3 Å². The molecule has 4 nitrogen and oxygen atoms in total. The number of hydrogen-bond acceptors (Lipinski definition) is 2. The van der Waals surface area contributed by atoms with E-state index in [1.54, 1.807) is 24.3 Å². The Hall–Kier alpha value is -2.59. The van der Waals surface area contributed by atoms with Crippen LogP contribution in [0.4, 0.5) is 5.69 Å². The van der Waals surface area contributed by atoms with E-state index in [4.69, 9.17) is 11.6 Å². The highest BCUT2D eigenvalue weighted by Gasteiger charge is 2.23. The molecular formula is C21H21ClN2O2. The van der Waals surface area contributed by atoms with E-state index >= 15 is 0 Å². The molecule has 0 saturated carbocycles. The molecular weight excluding hydrogens is 348 g/mol. The maximum Gasteiger partial charge on any atom is 0.255 e. The summed E-state index contributed by atoms with van der Waals surface area (Å²) in [7, 11) is 0. The average Bonchev–Trinajstić information content (AvgIpc) is 3.16. The highest BCUT2D eigenvalue weighted by atomic mass is 35.5. The summed E-state index contributed by atoms with van der Waals surface area (Å²) in [6, 6.07) is 12.8. The number of anilines is 1. The van der Waals surface area contributed by atoms with Crippen LogP contribution in [0.2, 0.25) is 5.02 Å². The molecule has 1 N–H and O–H groups in total. The van der Waals surface area contributed by atoms with Crippen molar-refractivity contribution in [1.82, 2.24) is 4.90 Å². The number of hydrogen-bond donors (Lipinski definition) is 1. The Balaban J connectivity index is 1.78. The number of nitrogens with zero attached hydrogens (tertiary/aromatic N) is 1. The van der Waals surface area contributed by atoms with Crippen molar-refractivity contribution in [2.45, 2.75) is 19.8 Å². The van der Waals surface area contributed by atoms with E-state index in [0.29, 0.717) is 16.3 Å². The van der Waals surface area contributed by atoms with Crippen LogP contribution in [0.1, 0.15) is 34.3 Å². The van der Waals surface area contributed by atoms with E-state index < -0.39 is 0 Å². The minimum absolute atomic E-state index is 0.0275. The molecule has 134 valence electrons. The highest BCUT2D eigenvalue weighted by molar-refractivity contribution is 6.30. The van der Waals surface area contributed by atoms with Gasteiger partial charge in [0.2, 0.25) is 5.91 Å². The van der Waals surface area contributed by atoms with Crippen LogP contribution in [-0.2, 0) is 4.79 Å². The van der Waals surface area contributed by atoms with E-state index in [0.717, 1.165) is 37.1 Å². The maximum absolute atomic E-state index is 12.8. The van der Waals surface area contributed by atoms with Gasteiger partial charge in [0.15, 0.2) is 0 Å². The van der Waals surface area contributed by atoms with Crippen LogP contribution in [0.15, 0.2) is 48.5 Å². The number of carbonyl (C=O) groups is 2. The van der Waals surface area contributed by atoms with Crippen LogP contribution in [0.25, 0.3) is 6.08 Å². The quantitative estimate of drug-likeness (QED) is 0.805. The van der Waals surface area contributed by atoms with Crippen molar-refractivity contribution in [2.24, 2.45) is 0 Å². The van der Waals surface area contributed by atoms with Gasteiger partial charge >= 0.3 is 0 Å². The molecule has 2 amide bonds. The predicted octanol–water partition coefficient (Wildman–Crippen LogP) is 4.54. The summed E-state index contributed by atoms with van der Waals surface area (Å²) in [5.41, 5.74) is 2.81. The van der Waals surface area contributed by atoms with Gasteiger partial charge in [-0.1, -0.05) is 35.9 Å². The molecule has 26 heavy (non-hydrogen) atoms. The molecule has 5 heteroatoms. The van der Waals surface area contributed by atoms with Gasteiger partial charge in [0.05, 0.1) is 11.3 Å². The zero-order chi connectivity index (χ0) is 18.5. The summed E-state index contributed by atoms with van der Waals surface area (Å²) in [4.78, 5) is 27.0. The van der Waals surface area contributed by atoms with Crippen LogP contribution in [0.5, 0.6) is 0 Å². The largest absolute Gasteiger partial charge is 0.339 e. The van der Waals surface area contributed by atoms with Crippen LogP contribution in [-0.4, -0.2) is 29.8 Å². The molecule has 1 aliphatic heterocycles. The third-order valence-electron chi connectivity index (χ3n) is 4.42. The molecule has 0 aromatic heterocycles. The van der Waals surface area contributed by atoms with Crippen molar-refractivity contribution in [3.8, 4) is 0 Å². The van der Waals surface area contributed by atoms with E-state index in [1.807, 2.05) is 36.1 Å².